The molecule has 0 aliphatic rings. The summed E-state index contributed by atoms with van der Waals surface area (Å²) in [4.78, 5) is 15.4. The van der Waals surface area contributed by atoms with Crippen molar-refractivity contribution in [2.75, 3.05) is 6.54 Å². The van der Waals surface area contributed by atoms with Gasteiger partial charge in [0.05, 0.1) is 12.5 Å². The van der Waals surface area contributed by atoms with Crippen molar-refractivity contribution < 1.29 is 14.8 Å². The van der Waals surface area contributed by atoms with Gasteiger partial charge in [-0.2, -0.15) is 0 Å². The molecule has 5 heteroatoms. The van der Waals surface area contributed by atoms with Crippen LogP contribution in [-0.4, -0.2) is 16.6 Å². The lowest BCUT2D eigenvalue weighted by Crippen LogP contribution is -2.83. The molecule has 0 spiro atoms. The molecular weight excluding hydrogens is 388 g/mol. The van der Waals surface area contributed by atoms with E-state index in [1.807, 2.05) is 12.1 Å². The largest absolute Gasteiger partial charge is 0.508 e. The van der Waals surface area contributed by atoms with Crippen LogP contribution in [0.25, 0.3) is 21.9 Å². The fraction of sp³-hybridized carbons (Fsp3) is 0.115. The number of aromatic nitrogens is 1. The Morgan fingerprint density at radius 1 is 0.935 bits per heavy atom. The van der Waals surface area contributed by atoms with Crippen LogP contribution in [-0.2, 0) is 6.54 Å². The number of para-hydroxylation sites is 1. The highest BCUT2D eigenvalue weighted by atomic mass is 16.4. The Hall–Kier alpha value is -3.83. The predicted molar refractivity (Wildman–Crippen MR) is 121 cm³/mol. The predicted octanol–water partition coefficient (Wildman–Crippen LogP) is 3.88. The van der Waals surface area contributed by atoms with Crippen molar-refractivity contribution >= 4 is 21.9 Å². The second-order valence-corrected chi connectivity index (χ2v) is 7.75. The summed E-state index contributed by atoms with van der Waals surface area (Å²) in [6, 6.07) is 25.3. The van der Waals surface area contributed by atoms with Gasteiger partial charge in [-0.3, -0.25) is 0 Å². The summed E-state index contributed by atoms with van der Waals surface area (Å²) >= 11 is 0. The second-order valence-electron chi connectivity index (χ2n) is 7.75. The number of rotatable bonds is 6. The Kier molecular flexibility index (Phi) is 5.02. The molecule has 4 N–H and O–H groups in total. The zero-order chi connectivity index (χ0) is 21.2. The van der Waals surface area contributed by atoms with Crippen LogP contribution in [0.4, 0.5) is 0 Å². The third kappa shape index (κ3) is 3.83. The number of aromatic amines is 1. The van der Waals surface area contributed by atoms with E-state index in [4.69, 9.17) is 4.42 Å². The first-order valence-electron chi connectivity index (χ1n) is 10.4. The fourth-order valence-corrected chi connectivity index (χ4v) is 4.30. The van der Waals surface area contributed by atoms with E-state index in [1.54, 1.807) is 18.2 Å². The molecule has 2 aromatic heterocycles. The van der Waals surface area contributed by atoms with E-state index in [-0.39, 0.29) is 11.7 Å². The number of H-pyrrole nitrogens is 1. The Morgan fingerprint density at radius 3 is 2.61 bits per heavy atom. The Bertz CT molecular complexity index is 1400. The van der Waals surface area contributed by atoms with Gasteiger partial charge in [-0.25, -0.2) is 4.79 Å². The molecule has 5 rings (SSSR count). The van der Waals surface area contributed by atoms with Crippen LogP contribution in [0.5, 0.6) is 5.75 Å². The van der Waals surface area contributed by atoms with Gasteiger partial charge in [0.25, 0.3) is 0 Å². The maximum Gasteiger partial charge on any atom is 0.336 e. The summed E-state index contributed by atoms with van der Waals surface area (Å²) in [5.74, 6) is 0.285. The summed E-state index contributed by atoms with van der Waals surface area (Å²) in [7, 11) is 0. The summed E-state index contributed by atoms with van der Waals surface area (Å²) in [6.07, 6.45) is 2.10. The quantitative estimate of drug-likeness (QED) is 0.371. The normalized spacial score (nSPS) is 12.4. The molecule has 0 aliphatic heterocycles. The molecule has 0 aliphatic carbocycles. The summed E-state index contributed by atoms with van der Waals surface area (Å²) in [5, 5.41) is 14.0. The number of aromatic hydroxyl groups is 1. The SMILES string of the molecule is O=c1cc(C[NH2+]C[C@H](c2ccccc2)c2c[nH]c3ccccc23)c2ccc(O)cc2o1. The highest BCUT2D eigenvalue weighted by Gasteiger charge is 2.20. The fourth-order valence-electron chi connectivity index (χ4n) is 4.30. The van der Waals surface area contributed by atoms with Gasteiger partial charge in [-0.1, -0.05) is 48.5 Å². The number of benzene rings is 3. The molecule has 5 nitrogen and oxygen atoms in total. The van der Waals surface area contributed by atoms with E-state index in [2.05, 4.69) is 59.0 Å². The molecule has 0 saturated carbocycles. The maximum atomic E-state index is 12.0. The third-order valence-corrected chi connectivity index (χ3v) is 5.78. The van der Waals surface area contributed by atoms with E-state index in [0.29, 0.717) is 12.1 Å². The number of fused-ring (bicyclic) bond motifs is 2. The second kappa shape index (κ2) is 8.13. The summed E-state index contributed by atoms with van der Waals surface area (Å²) in [5.41, 5.74) is 4.55. The van der Waals surface area contributed by atoms with Crippen LogP contribution in [0.1, 0.15) is 22.6 Å². The first kappa shape index (κ1) is 19.2. The van der Waals surface area contributed by atoms with Crippen molar-refractivity contribution in [1.29, 1.82) is 0 Å². The Balaban J connectivity index is 1.45. The molecule has 154 valence electrons. The smallest absolute Gasteiger partial charge is 0.336 e. The van der Waals surface area contributed by atoms with Crippen molar-refractivity contribution in [1.82, 2.24) is 4.98 Å². The van der Waals surface area contributed by atoms with Gasteiger partial charge in [0.15, 0.2) is 0 Å². The van der Waals surface area contributed by atoms with Crippen LogP contribution < -0.4 is 10.9 Å². The Labute approximate surface area is 179 Å². The first-order valence-corrected chi connectivity index (χ1v) is 10.4. The minimum absolute atomic E-state index is 0.0836. The number of hydrogen-bond acceptors (Lipinski definition) is 3. The molecule has 5 aromatic rings. The number of nitrogens with one attached hydrogen (secondary N) is 1. The molecule has 2 heterocycles. The van der Waals surface area contributed by atoms with Crippen molar-refractivity contribution in [3.05, 3.63) is 112 Å². The van der Waals surface area contributed by atoms with Crippen molar-refractivity contribution in [3.63, 3.8) is 0 Å². The Morgan fingerprint density at radius 2 is 1.74 bits per heavy atom. The van der Waals surface area contributed by atoms with Crippen LogP contribution in [0, 0.1) is 0 Å². The average molecular weight is 411 g/mol. The van der Waals surface area contributed by atoms with Crippen molar-refractivity contribution in [2.45, 2.75) is 12.5 Å². The molecule has 0 saturated heterocycles. The average Bonchev–Trinajstić information content (AvgIpc) is 3.21. The number of quaternary nitrogens is 1. The monoisotopic (exact) mass is 411 g/mol. The lowest BCUT2D eigenvalue weighted by atomic mass is 9.91. The maximum absolute atomic E-state index is 12.0. The molecule has 3 aromatic carbocycles. The van der Waals surface area contributed by atoms with Gasteiger partial charge in [0.2, 0.25) is 0 Å². The molecule has 0 amide bonds. The lowest BCUT2D eigenvalue weighted by molar-refractivity contribution is -0.671. The van der Waals surface area contributed by atoms with Crippen LogP contribution in [0.15, 0.2) is 94.3 Å². The molecular formula is C26H23N2O3+. The first-order chi connectivity index (χ1) is 15.2. The third-order valence-electron chi connectivity index (χ3n) is 5.78. The van der Waals surface area contributed by atoms with E-state index < -0.39 is 5.63 Å². The zero-order valence-corrected chi connectivity index (χ0v) is 16.9. The van der Waals surface area contributed by atoms with Gasteiger partial charge >= 0.3 is 5.63 Å². The number of phenols is 1. The summed E-state index contributed by atoms with van der Waals surface area (Å²) in [6.45, 7) is 1.46. The van der Waals surface area contributed by atoms with Gasteiger partial charge < -0.3 is 19.8 Å². The highest BCUT2D eigenvalue weighted by Crippen LogP contribution is 2.30. The van der Waals surface area contributed by atoms with Crippen LogP contribution >= 0.6 is 0 Å². The van der Waals surface area contributed by atoms with E-state index in [9.17, 15) is 9.90 Å². The van der Waals surface area contributed by atoms with Crippen molar-refractivity contribution in [3.8, 4) is 5.75 Å². The molecule has 0 unspecified atom stereocenters. The molecule has 0 bridgehead atoms. The minimum atomic E-state index is -0.405. The highest BCUT2D eigenvalue weighted by molar-refractivity contribution is 5.84. The molecule has 31 heavy (non-hydrogen) atoms. The van der Waals surface area contributed by atoms with Gasteiger partial charge in [-0.05, 0) is 29.3 Å². The summed E-state index contributed by atoms with van der Waals surface area (Å²) < 4.78 is 5.25. The zero-order valence-electron chi connectivity index (χ0n) is 16.9. The van der Waals surface area contributed by atoms with E-state index in [0.717, 1.165) is 23.0 Å². The standard InChI is InChI=1S/C26H22N2O3/c29-19-10-11-20-18(12-26(30)31-25(20)13-19)14-27-15-22(17-6-2-1-3-7-17)23-16-28-24-9-5-4-8-21(23)24/h1-13,16,22,27-29H,14-15H2/p+1/t22-/m1/s1. The number of phenolic OH excluding ortho intramolecular Hbond substituents is 1. The molecule has 1 atom stereocenters. The lowest BCUT2D eigenvalue weighted by Gasteiger charge is -2.16. The van der Waals surface area contributed by atoms with E-state index in [1.165, 1.54) is 22.6 Å². The van der Waals surface area contributed by atoms with Gasteiger partial charge in [0, 0.05) is 40.2 Å². The van der Waals surface area contributed by atoms with E-state index >= 15 is 0 Å². The number of nitrogens with two attached hydrogens (primary N) is 1. The van der Waals surface area contributed by atoms with Crippen LogP contribution in [0.2, 0.25) is 0 Å². The number of hydrogen-bond donors (Lipinski definition) is 3. The van der Waals surface area contributed by atoms with Crippen molar-refractivity contribution in [2.24, 2.45) is 0 Å². The topological polar surface area (TPSA) is 82.8 Å². The van der Waals surface area contributed by atoms with Crippen LogP contribution in [0.3, 0.4) is 0 Å². The molecule has 0 fully saturated rings. The van der Waals surface area contributed by atoms with Gasteiger partial charge in [0.1, 0.15) is 17.9 Å². The van der Waals surface area contributed by atoms with Gasteiger partial charge in [-0.15, -0.1) is 0 Å². The minimum Gasteiger partial charge on any atom is -0.508 e. The molecule has 0 radical (unpaired) electrons.